The van der Waals surface area contributed by atoms with Crippen molar-refractivity contribution in [3.05, 3.63) is 90.0 Å². The molecule has 4 aliphatic carbocycles. The third-order valence-electron chi connectivity index (χ3n) is 8.29. The van der Waals surface area contributed by atoms with E-state index in [9.17, 15) is 9.59 Å². The number of hydrogen-bond acceptors (Lipinski definition) is 3. The molecule has 3 aromatic carbocycles. The van der Waals surface area contributed by atoms with Crippen LogP contribution in [0.3, 0.4) is 0 Å². The van der Waals surface area contributed by atoms with Gasteiger partial charge in [0.15, 0.2) is 0 Å². The standard InChI is InChI=1S/C31H32N2O2S/c34-29(27-8-4-5-9-28(27)36-20-21-6-2-1-3-7-21)32-25-10-12-26(13-11-25)33-30(35)31-17-22-14-23(18-31)16-24(15-22)19-31/h1-13,22-24H,14-20H2,(H,32,34)(H,33,35). The molecule has 7 rings (SSSR count). The highest BCUT2D eigenvalue weighted by Crippen LogP contribution is 2.60. The van der Waals surface area contributed by atoms with Gasteiger partial charge >= 0.3 is 0 Å². The van der Waals surface area contributed by atoms with Gasteiger partial charge in [-0.2, -0.15) is 0 Å². The van der Waals surface area contributed by atoms with E-state index in [1.54, 1.807) is 11.8 Å². The van der Waals surface area contributed by atoms with Crippen LogP contribution in [0, 0.1) is 23.2 Å². The van der Waals surface area contributed by atoms with Gasteiger partial charge in [-0.1, -0.05) is 42.5 Å². The number of hydrogen-bond donors (Lipinski definition) is 2. The Balaban J connectivity index is 1.09. The topological polar surface area (TPSA) is 58.2 Å². The van der Waals surface area contributed by atoms with Gasteiger partial charge in [0.25, 0.3) is 5.91 Å². The van der Waals surface area contributed by atoms with Crippen molar-refractivity contribution in [2.45, 2.75) is 49.2 Å². The molecule has 3 aromatic rings. The Morgan fingerprint density at radius 1 is 0.722 bits per heavy atom. The molecule has 0 unspecified atom stereocenters. The van der Waals surface area contributed by atoms with E-state index in [1.165, 1.54) is 24.8 Å². The number of amides is 2. The lowest BCUT2D eigenvalue weighted by molar-refractivity contribution is -0.140. The summed E-state index contributed by atoms with van der Waals surface area (Å²) in [6.45, 7) is 0. The minimum Gasteiger partial charge on any atom is -0.326 e. The van der Waals surface area contributed by atoms with Crippen molar-refractivity contribution >= 4 is 35.0 Å². The van der Waals surface area contributed by atoms with Gasteiger partial charge in [-0.15, -0.1) is 11.8 Å². The maximum absolute atomic E-state index is 13.3. The van der Waals surface area contributed by atoms with E-state index >= 15 is 0 Å². The number of benzene rings is 3. The molecule has 4 aliphatic rings. The zero-order chi connectivity index (χ0) is 24.5. The largest absolute Gasteiger partial charge is 0.326 e. The number of anilines is 2. The van der Waals surface area contributed by atoms with Crippen LogP contribution >= 0.6 is 11.8 Å². The number of nitrogens with one attached hydrogen (secondary N) is 2. The number of carbonyl (C=O) groups is 2. The molecule has 4 fully saturated rings. The quantitative estimate of drug-likeness (QED) is 0.335. The van der Waals surface area contributed by atoms with Crippen LogP contribution in [-0.2, 0) is 10.5 Å². The van der Waals surface area contributed by atoms with E-state index in [4.69, 9.17) is 0 Å². The summed E-state index contributed by atoms with van der Waals surface area (Å²) in [6, 6.07) is 25.5. The van der Waals surface area contributed by atoms with Crippen LogP contribution < -0.4 is 10.6 Å². The molecule has 4 saturated carbocycles. The Morgan fingerprint density at radius 2 is 1.28 bits per heavy atom. The van der Waals surface area contributed by atoms with Gasteiger partial charge in [0, 0.05) is 22.0 Å². The SMILES string of the molecule is O=C(Nc1ccc(NC(=O)C23CC4CC(CC(C4)C2)C3)cc1)c1ccccc1SCc1ccccc1. The lowest BCUT2D eigenvalue weighted by Crippen LogP contribution is -2.51. The Labute approximate surface area is 217 Å². The predicted octanol–water partition coefficient (Wildman–Crippen LogP) is 7.39. The summed E-state index contributed by atoms with van der Waals surface area (Å²) in [7, 11) is 0. The maximum atomic E-state index is 13.3. The fraction of sp³-hybridized carbons (Fsp3) is 0.355. The van der Waals surface area contributed by atoms with Crippen LogP contribution in [0.15, 0.2) is 83.8 Å². The van der Waals surface area contributed by atoms with Gasteiger partial charge in [0.05, 0.1) is 11.0 Å². The van der Waals surface area contributed by atoms with Crippen molar-refractivity contribution in [3.8, 4) is 0 Å². The predicted molar refractivity (Wildman–Crippen MR) is 146 cm³/mol. The zero-order valence-electron chi connectivity index (χ0n) is 20.4. The molecule has 2 amide bonds. The summed E-state index contributed by atoms with van der Waals surface area (Å²) in [4.78, 5) is 27.4. The monoisotopic (exact) mass is 496 g/mol. The molecule has 36 heavy (non-hydrogen) atoms. The molecular formula is C31H32N2O2S. The molecule has 184 valence electrons. The smallest absolute Gasteiger partial charge is 0.256 e. The van der Waals surface area contributed by atoms with Crippen LogP contribution in [0.2, 0.25) is 0 Å². The average Bonchev–Trinajstić information content (AvgIpc) is 2.88. The molecule has 0 saturated heterocycles. The second-order valence-corrected chi connectivity index (χ2v) is 12.0. The van der Waals surface area contributed by atoms with Crippen molar-refractivity contribution in [3.63, 3.8) is 0 Å². The van der Waals surface area contributed by atoms with Crippen molar-refractivity contribution in [2.75, 3.05) is 10.6 Å². The molecule has 0 spiro atoms. The first-order valence-corrected chi connectivity index (χ1v) is 14.0. The summed E-state index contributed by atoms with van der Waals surface area (Å²) in [6.07, 6.45) is 7.15. The molecule has 4 nitrogen and oxygen atoms in total. The van der Waals surface area contributed by atoms with E-state index in [0.717, 1.165) is 59.0 Å². The minimum atomic E-state index is -0.164. The second-order valence-electron chi connectivity index (χ2n) is 11.0. The van der Waals surface area contributed by atoms with Gasteiger partial charge < -0.3 is 10.6 Å². The molecule has 2 N–H and O–H groups in total. The third kappa shape index (κ3) is 4.81. The fourth-order valence-corrected chi connectivity index (χ4v) is 8.01. The van der Waals surface area contributed by atoms with Crippen LogP contribution in [0.4, 0.5) is 11.4 Å². The molecule has 0 aromatic heterocycles. The normalized spacial score (nSPS) is 25.9. The first-order chi connectivity index (χ1) is 17.6. The second kappa shape index (κ2) is 9.78. The van der Waals surface area contributed by atoms with E-state index < -0.39 is 0 Å². The van der Waals surface area contributed by atoms with E-state index in [1.807, 2.05) is 66.7 Å². The molecular weight excluding hydrogens is 464 g/mol. The van der Waals surface area contributed by atoms with E-state index in [0.29, 0.717) is 5.56 Å². The van der Waals surface area contributed by atoms with E-state index in [-0.39, 0.29) is 17.2 Å². The Bertz CT molecular complexity index is 1220. The Morgan fingerprint density at radius 3 is 1.92 bits per heavy atom. The summed E-state index contributed by atoms with van der Waals surface area (Å²) < 4.78 is 0. The molecule has 4 bridgehead atoms. The molecule has 5 heteroatoms. The van der Waals surface area contributed by atoms with Gasteiger partial charge in [-0.25, -0.2) is 0 Å². The number of carbonyl (C=O) groups excluding carboxylic acids is 2. The summed E-state index contributed by atoms with van der Waals surface area (Å²) in [5.74, 6) is 3.11. The number of thioether (sulfide) groups is 1. The Hall–Kier alpha value is -3.05. The summed E-state index contributed by atoms with van der Waals surface area (Å²) in [5.41, 5.74) is 3.24. The molecule has 0 atom stereocenters. The van der Waals surface area contributed by atoms with Crippen molar-refractivity contribution in [2.24, 2.45) is 23.2 Å². The lowest BCUT2D eigenvalue weighted by atomic mass is 9.49. The summed E-state index contributed by atoms with van der Waals surface area (Å²) in [5, 5.41) is 6.22. The van der Waals surface area contributed by atoms with E-state index in [2.05, 4.69) is 22.8 Å². The van der Waals surface area contributed by atoms with Gasteiger partial charge in [0.2, 0.25) is 5.91 Å². The highest BCUT2D eigenvalue weighted by molar-refractivity contribution is 7.98. The van der Waals surface area contributed by atoms with Crippen LogP contribution in [-0.4, -0.2) is 11.8 Å². The third-order valence-corrected chi connectivity index (χ3v) is 9.43. The highest BCUT2D eigenvalue weighted by atomic mass is 32.2. The van der Waals surface area contributed by atoms with Crippen molar-refractivity contribution < 1.29 is 9.59 Å². The van der Waals surface area contributed by atoms with Gasteiger partial charge in [0.1, 0.15) is 0 Å². The lowest BCUT2D eigenvalue weighted by Gasteiger charge is -2.55. The van der Waals surface area contributed by atoms with Gasteiger partial charge in [-0.3, -0.25) is 9.59 Å². The first kappa shape index (κ1) is 23.4. The zero-order valence-corrected chi connectivity index (χ0v) is 21.2. The van der Waals surface area contributed by atoms with Crippen LogP contribution in [0.1, 0.15) is 54.4 Å². The maximum Gasteiger partial charge on any atom is 0.256 e. The van der Waals surface area contributed by atoms with Crippen molar-refractivity contribution in [1.29, 1.82) is 0 Å². The summed E-state index contributed by atoms with van der Waals surface area (Å²) >= 11 is 1.66. The molecule has 0 radical (unpaired) electrons. The number of rotatable bonds is 7. The van der Waals surface area contributed by atoms with Crippen LogP contribution in [0.25, 0.3) is 0 Å². The minimum absolute atomic E-state index is 0.128. The first-order valence-electron chi connectivity index (χ1n) is 13.0. The van der Waals surface area contributed by atoms with Crippen LogP contribution in [0.5, 0.6) is 0 Å². The van der Waals surface area contributed by atoms with Gasteiger partial charge in [-0.05, 0) is 98.2 Å². The molecule has 0 heterocycles. The molecule has 0 aliphatic heterocycles. The fourth-order valence-electron chi connectivity index (χ4n) is 7.00. The van der Waals surface area contributed by atoms with Crippen molar-refractivity contribution in [1.82, 2.24) is 0 Å². The average molecular weight is 497 g/mol. The Kier molecular flexibility index (Phi) is 6.34. The highest BCUT2D eigenvalue weighted by Gasteiger charge is 2.54.